The van der Waals surface area contributed by atoms with Crippen LogP contribution in [-0.4, -0.2) is 103 Å². The summed E-state index contributed by atoms with van der Waals surface area (Å²) in [6, 6.07) is 9.44. The molecule has 0 unspecified atom stereocenters. The van der Waals surface area contributed by atoms with Crippen molar-refractivity contribution in [2.75, 3.05) is 51.9 Å². The number of nitrogens with one attached hydrogen (secondary N) is 1. The standard InChI is InChI=1S/C34H36ClFN6O6S/c1-34(2,32(44)45)19-5-8-21(9-6-19)42-17-25-26(18-47-3)40(12-13-41(25)33(42)46)16-24-27(31(43)48-4)28(22-10-7-20(36)15-23(22)35)39-29(38-24)30-37-11-14-49-30/h5-11,14-15,25-26,28H,12-13,16-18H2,1-4H3,(H,38,39)(H,44,45)/t25-,26-,28-/m0/s1. The van der Waals surface area contributed by atoms with Gasteiger partial charge >= 0.3 is 18.0 Å². The van der Waals surface area contributed by atoms with E-state index in [2.05, 4.69) is 15.2 Å². The first-order chi connectivity index (χ1) is 23.4. The number of carboxylic acids is 1. The van der Waals surface area contributed by atoms with Gasteiger partial charge in [0.15, 0.2) is 10.8 Å². The lowest BCUT2D eigenvalue weighted by Gasteiger charge is -2.44. The Morgan fingerprint density at radius 2 is 1.92 bits per heavy atom. The number of methoxy groups -OCH3 is 2. The van der Waals surface area contributed by atoms with Crippen molar-refractivity contribution >= 4 is 52.4 Å². The van der Waals surface area contributed by atoms with E-state index >= 15 is 0 Å². The minimum atomic E-state index is -1.08. The molecule has 2 aromatic carbocycles. The van der Waals surface area contributed by atoms with Crippen LogP contribution in [0.2, 0.25) is 5.02 Å². The second-order valence-electron chi connectivity index (χ2n) is 12.5. The lowest BCUT2D eigenvalue weighted by atomic mass is 9.85. The highest BCUT2D eigenvalue weighted by molar-refractivity contribution is 7.11. The molecule has 3 aliphatic heterocycles. The fraction of sp³-hybridized carbons (Fsp3) is 0.382. The minimum absolute atomic E-state index is 0.116. The van der Waals surface area contributed by atoms with Gasteiger partial charge in [-0.1, -0.05) is 29.8 Å². The summed E-state index contributed by atoms with van der Waals surface area (Å²) in [6.45, 7) is 5.10. The summed E-state index contributed by atoms with van der Waals surface area (Å²) >= 11 is 7.89. The lowest BCUT2D eigenvalue weighted by Crippen LogP contribution is -2.61. The van der Waals surface area contributed by atoms with Crippen molar-refractivity contribution in [1.29, 1.82) is 0 Å². The number of aliphatic carboxylic acids is 1. The number of benzene rings is 2. The number of aliphatic imine (C=N–C) groups is 1. The number of ether oxygens (including phenoxy) is 2. The second kappa shape index (κ2) is 13.9. The van der Waals surface area contributed by atoms with Crippen molar-refractivity contribution < 1.29 is 33.4 Å². The van der Waals surface area contributed by atoms with Gasteiger partial charge in [-0.05, 0) is 43.7 Å². The highest BCUT2D eigenvalue weighted by Gasteiger charge is 2.47. The molecule has 2 amide bonds. The van der Waals surface area contributed by atoms with Gasteiger partial charge in [-0.2, -0.15) is 0 Å². The number of urea groups is 1. The zero-order chi connectivity index (χ0) is 35.0. The maximum absolute atomic E-state index is 14.1. The van der Waals surface area contributed by atoms with E-state index in [1.165, 1.54) is 36.6 Å². The Kier molecular flexibility index (Phi) is 9.76. The third-order valence-corrected chi connectivity index (χ3v) is 10.5. The number of anilines is 1. The summed E-state index contributed by atoms with van der Waals surface area (Å²) < 4.78 is 25.0. The maximum atomic E-state index is 14.1. The van der Waals surface area contributed by atoms with Crippen LogP contribution in [0.3, 0.4) is 0 Å². The van der Waals surface area contributed by atoms with Crippen LogP contribution in [0.15, 0.2) is 70.3 Å². The first-order valence-corrected chi connectivity index (χ1v) is 16.9. The number of carboxylic acid groups (broad SMARTS) is 1. The Morgan fingerprint density at radius 1 is 1.16 bits per heavy atom. The molecular weight excluding hydrogens is 675 g/mol. The maximum Gasteiger partial charge on any atom is 0.338 e. The fourth-order valence-corrected chi connectivity index (χ4v) is 7.41. The molecule has 1 aromatic heterocycles. The van der Waals surface area contributed by atoms with Gasteiger partial charge < -0.3 is 24.8 Å². The van der Waals surface area contributed by atoms with E-state index in [4.69, 9.17) is 26.1 Å². The third kappa shape index (κ3) is 6.53. The normalized spacial score (nSPS) is 21.4. The van der Waals surface area contributed by atoms with Gasteiger partial charge in [0.1, 0.15) is 11.9 Å². The van der Waals surface area contributed by atoms with E-state index in [-0.39, 0.29) is 35.3 Å². The van der Waals surface area contributed by atoms with Gasteiger partial charge in [-0.25, -0.2) is 19.0 Å². The third-order valence-electron chi connectivity index (χ3n) is 9.35. The van der Waals surface area contributed by atoms with Crippen LogP contribution < -0.4 is 10.2 Å². The van der Waals surface area contributed by atoms with Crippen LogP contribution in [0.4, 0.5) is 14.9 Å². The van der Waals surface area contributed by atoms with Gasteiger partial charge in [0.05, 0.1) is 36.8 Å². The number of thiazole rings is 1. The molecule has 12 nitrogen and oxygen atoms in total. The number of esters is 1. The number of piperazine rings is 1. The summed E-state index contributed by atoms with van der Waals surface area (Å²) in [7, 11) is 2.89. The Labute approximate surface area is 291 Å². The van der Waals surface area contributed by atoms with E-state index in [1.807, 2.05) is 10.3 Å². The SMILES string of the molecule is COC[C@H]1[C@@H]2CN(c3ccc(C(C)(C)C(=O)O)cc3)C(=O)N2CCN1CC1=C(C(=O)OC)[C@H](c2ccc(F)cc2Cl)N=C(c2nccs2)N1. The monoisotopic (exact) mass is 710 g/mol. The number of aromatic nitrogens is 1. The molecule has 0 radical (unpaired) electrons. The van der Waals surface area contributed by atoms with Gasteiger partial charge in [0, 0.05) is 66.8 Å². The number of rotatable bonds is 10. The first kappa shape index (κ1) is 34.5. The number of carbonyl (C=O) groups is 3. The molecule has 4 heterocycles. The summed E-state index contributed by atoms with van der Waals surface area (Å²) in [4.78, 5) is 53.9. The fourth-order valence-electron chi connectivity index (χ4n) is 6.55. The van der Waals surface area contributed by atoms with Gasteiger partial charge in [-0.15, -0.1) is 11.3 Å². The highest BCUT2D eigenvalue weighted by Crippen LogP contribution is 2.38. The average Bonchev–Trinajstić information content (AvgIpc) is 3.74. The van der Waals surface area contributed by atoms with Crippen molar-refractivity contribution in [1.82, 2.24) is 20.1 Å². The number of hydrogen-bond acceptors (Lipinski definition) is 10. The Bertz CT molecular complexity index is 1820. The van der Waals surface area contributed by atoms with Crippen LogP contribution in [0.25, 0.3) is 0 Å². The molecule has 15 heteroatoms. The van der Waals surface area contributed by atoms with E-state index in [9.17, 15) is 23.9 Å². The topological polar surface area (TPSA) is 137 Å². The molecule has 3 atom stereocenters. The number of amidine groups is 1. The minimum Gasteiger partial charge on any atom is -0.481 e. The molecule has 0 bridgehead atoms. The number of amides is 2. The summed E-state index contributed by atoms with van der Waals surface area (Å²) in [5.74, 6) is -1.64. The molecular formula is C34H36ClFN6O6S. The number of fused-ring (bicyclic) bond motifs is 1. The Balaban J connectivity index is 1.33. The van der Waals surface area contributed by atoms with Crippen LogP contribution in [0.5, 0.6) is 0 Å². The van der Waals surface area contributed by atoms with Gasteiger partial charge in [-0.3, -0.25) is 19.6 Å². The molecule has 6 rings (SSSR count). The van der Waals surface area contributed by atoms with Crippen molar-refractivity contribution in [3.8, 4) is 0 Å². The van der Waals surface area contributed by atoms with Crippen molar-refractivity contribution in [2.24, 2.45) is 4.99 Å². The van der Waals surface area contributed by atoms with E-state index in [0.29, 0.717) is 59.6 Å². The largest absolute Gasteiger partial charge is 0.481 e. The van der Waals surface area contributed by atoms with Crippen LogP contribution in [0, 0.1) is 5.82 Å². The molecule has 2 N–H and O–H groups in total. The molecule has 49 heavy (non-hydrogen) atoms. The van der Waals surface area contributed by atoms with E-state index in [1.54, 1.807) is 56.3 Å². The van der Waals surface area contributed by atoms with Crippen LogP contribution >= 0.6 is 22.9 Å². The average molecular weight is 711 g/mol. The zero-order valence-electron chi connectivity index (χ0n) is 27.4. The Morgan fingerprint density at radius 3 is 2.55 bits per heavy atom. The smallest absolute Gasteiger partial charge is 0.338 e. The molecule has 258 valence electrons. The lowest BCUT2D eigenvalue weighted by molar-refractivity contribution is -0.142. The predicted molar refractivity (Wildman–Crippen MR) is 183 cm³/mol. The van der Waals surface area contributed by atoms with Gasteiger partial charge in [0.2, 0.25) is 0 Å². The first-order valence-electron chi connectivity index (χ1n) is 15.6. The summed E-state index contributed by atoms with van der Waals surface area (Å²) in [6.07, 6.45) is 1.65. The van der Waals surface area contributed by atoms with Gasteiger partial charge in [0.25, 0.3) is 0 Å². The number of nitrogens with zero attached hydrogens (tertiary/aromatic N) is 5. The van der Waals surface area contributed by atoms with Crippen molar-refractivity contribution in [2.45, 2.75) is 37.4 Å². The molecule has 0 spiro atoms. The van der Waals surface area contributed by atoms with Crippen LogP contribution in [-0.2, 0) is 24.5 Å². The van der Waals surface area contributed by atoms with E-state index in [0.717, 1.165) is 0 Å². The molecule has 0 saturated carbocycles. The molecule has 2 saturated heterocycles. The summed E-state index contributed by atoms with van der Waals surface area (Å²) in [5, 5.41) is 15.5. The number of hydrogen-bond donors (Lipinski definition) is 2. The molecule has 3 aromatic rings. The van der Waals surface area contributed by atoms with Crippen molar-refractivity contribution in [3.05, 3.63) is 92.3 Å². The van der Waals surface area contributed by atoms with Crippen LogP contribution in [0.1, 0.15) is 36.0 Å². The number of halogens is 2. The molecule has 3 aliphatic rings. The van der Waals surface area contributed by atoms with E-state index < -0.39 is 29.2 Å². The Hall–Kier alpha value is -4.37. The highest BCUT2D eigenvalue weighted by atomic mass is 35.5. The summed E-state index contributed by atoms with van der Waals surface area (Å²) in [5.41, 5.74) is 1.40. The quantitative estimate of drug-likeness (QED) is 0.293. The zero-order valence-corrected chi connectivity index (χ0v) is 28.9. The van der Waals surface area contributed by atoms with Crippen molar-refractivity contribution in [3.63, 3.8) is 0 Å². The second-order valence-corrected chi connectivity index (χ2v) is 13.8. The molecule has 0 aliphatic carbocycles. The number of carbonyl (C=O) groups excluding carboxylic acids is 2. The predicted octanol–water partition coefficient (Wildman–Crippen LogP) is 4.46. The molecule has 2 fully saturated rings.